The fourth-order valence-electron chi connectivity index (χ4n) is 2.18. The number of carbonyl (C=O) groups is 1. The molecule has 1 amide bonds. The Labute approximate surface area is 98.3 Å². The van der Waals surface area contributed by atoms with Gasteiger partial charge in [0.05, 0.1) is 25.4 Å². The summed E-state index contributed by atoms with van der Waals surface area (Å²) in [5.41, 5.74) is 0. The number of nitrogens with one attached hydrogen (secondary N) is 1. The summed E-state index contributed by atoms with van der Waals surface area (Å²) >= 11 is 0. The maximum Gasteiger partial charge on any atom is 0.241 e. The highest BCUT2D eigenvalue weighted by Gasteiger charge is 2.35. The maximum atomic E-state index is 12.1. The number of methoxy groups -OCH3 is 1. The van der Waals surface area contributed by atoms with Gasteiger partial charge in [-0.15, -0.1) is 0 Å². The van der Waals surface area contributed by atoms with Gasteiger partial charge < -0.3 is 9.64 Å². The summed E-state index contributed by atoms with van der Waals surface area (Å²) < 4.78 is 5.20. The van der Waals surface area contributed by atoms with E-state index in [1.807, 2.05) is 4.90 Å². The number of amides is 1. The number of ether oxygens (including phenoxy) is 1. The van der Waals surface area contributed by atoms with Gasteiger partial charge in [-0.1, -0.05) is 27.2 Å². The molecule has 0 saturated carbocycles. The van der Waals surface area contributed by atoms with Gasteiger partial charge in [0.25, 0.3) is 0 Å². The van der Waals surface area contributed by atoms with Crippen molar-refractivity contribution >= 4 is 5.91 Å². The van der Waals surface area contributed by atoms with Crippen molar-refractivity contribution in [3.05, 3.63) is 0 Å². The average molecular weight is 228 g/mol. The molecular formula is C12H24N2O2. The van der Waals surface area contributed by atoms with Crippen LogP contribution in [0.15, 0.2) is 0 Å². The van der Waals surface area contributed by atoms with E-state index in [0.717, 1.165) is 12.8 Å². The second kappa shape index (κ2) is 6.21. The number of nitrogens with zero attached hydrogens (tertiary/aromatic N) is 1. The lowest BCUT2D eigenvalue weighted by Crippen LogP contribution is -2.44. The van der Waals surface area contributed by atoms with Gasteiger partial charge in [0.1, 0.15) is 0 Å². The van der Waals surface area contributed by atoms with Crippen LogP contribution in [0.2, 0.25) is 0 Å². The Kier molecular flexibility index (Phi) is 5.22. The molecule has 1 aliphatic heterocycles. The van der Waals surface area contributed by atoms with Crippen molar-refractivity contribution in [3.8, 4) is 0 Å². The first-order valence-electron chi connectivity index (χ1n) is 6.14. The monoisotopic (exact) mass is 228 g/mol. The maximum absolute atomic E-state index is 12.1. The summed E-state index contributed by atoms with van der Waals surface area (Å²) in [6.07, 6.45) is 1.96. The largest absolute Gasteiger partial charge is 0.383 e. The van der Waals surface area contributed by atoms with Crippen molar-refractivity contribution in [2.45, 2.75) is 45.7 Å². The Morgan fingerprint density at radius 3 is 2.75 bits per heavy atom. The van der Waals surface area contributed by atoms with Crippen LogP contribution in [-0.4, -0.2) is 43.3 Å². The molecule has 0 aromatic carbocycles. The molecule has 0 spiro atoms. The second-order valence-corrected chi connectivity index (χ2v) is 4.78. The zero-order chi connectivity index (χ0) is 12.1. The zero-order valence-corrected chi connectivity index (χ0v) is 10.8. The summed E-state index contributed by atoms with van der Waals surface area (Å²) in [6.45, 7) is 7.64. The summed E-state index contributed by atoms with van der Waals surface area (Å²) in [6, 6.07) is 0.204. The minimum atomic E-state index is 0.0168. The summed E-state index contributed by atoms with van der Waals surface area (Å²) in [5, 5.41) is 3.27. The Balaban J connectivity index is 2.62. The second-order valence-electron chi connectivity index (χ2n) is 4.78. The van der Waals surface area contributed by atoms with Crippen LogP contribution in [0.25, 0.3) is 0 Å². The third kappa shape index (κ3) is 2.95. The van der Waals surface area contributed by atoms with E-state index >= 15 is 0 Å². The van der Waals surface area contributed by atoms with E-state index in [4.69, 9.17) is 4.74 Å². The van der Waals surface area contributed by atoms with Gasteiger partial charge in [-0.25, -0.2) is 0 Å². The van der Waals surface area contributed by atoms with Crippen LogP contribution in [0.3, 0.4) is 0 Å². The summed E-state index contributed by atoms with van der Waals surface area (Å²) in [7, 11) is 1.69. The van der Waals surface area contributed by atoms with Gasteiger partial charge in [0, 0.05) is 7.11 Å². The lowest BCUT2D eigenvalue weighted by molar-refractivity contribution is -0.133. The molecule has 1 aliphatic rings. The fourth-order valence-corrected chi connectivity index (χ4v) is 2.18. The lowest BCUT2D eigenvalue weighted by atomic mass is 10.0. The van der Waals surface area contributed by atoms with Crippen LogP contribution in [0.4, 0.5) is 0 Å². The van der Waals surface area contributed by atoms with E-state index in [0.29, 0.717) is 19.2 Å². The molecule has 1 saturated heterocycles. The highest BCUT2D eigenvalue weighted by molar-refractivity contribution is 5.84. The Morgan fingerprint density at radius 2 is 2.25 bits per heavy atom. The normalized spacial score (nSPS) is 23.2. The molecule has 1 N–H and O–H groups in total. The first-order chi connectivity index (χ1) is 7.61. The zero-order valence-electron chi connectivity index (χ0n) is 10.8. The average Bonchev–Trinajstić information content (AvgIpc) is 2.58. The van der Waals surface area contributed by atoms with Crippen molar-refractivity contribution in [3.63, 3.8) is 0 Å². The highest BCUT2D eigenvalue weighted by Crippen LogP contribution is 2.17. The van der Waals surface area contributed by atoms with E-state index < -0.39 is 0 Å². The topological polar surface area (TPSA) is 41.6 Å². The molecule has 1 rings (SSSR count). The predicted molar refractivity (Wildman–Crippen MR) is 64.0 cm³/mol. The molecule has 1 heterocycles. The Morgan fingerprint density at radius 1 is 1.56 bits per heavy atom. The molecule has 1 fully saturated rings. The van der Waals surface area contributed by atoms with E-state index in [2.05, 4.69) is 26.1 Å². The molecule has 0 aromatic heterocycles. The van der Waals surface area contributed by atoms with Crippen LogP contribution < -0.4 is 5.32 Å². The van der Waals surface area contributed by atoms with Gasteiger partial charge in [0.2, 0.25) is 5.91 Å². The van der Waals surface area contributed by atoms with Crippen LogP contribution >= 0.6 is 0 Å². The van der Waals surface area contributed by atoms with Gasteiger partial charge in [0.15, 0.2) is 0 Å². The quantitative estimate of drug-likeness (QED) is 0.743. The minimum absolute atomic E-state index is 0.0168. The Bertz CT molecular complexity index is 231. The highest BCUT2D eigenvalue weighted by atomic mass is 16.5. The third-order valence-electron chi connectivity index (χ3n) is 3.17. The smallest absolute Gasteiger partial charge is 0.241 e. The molecule has 94 valence electrons. The van der Waals surface area contributed by atoms with Crippen LogP contribution in [0.5, 0.6) is 0 Å². The standard InChI is InChI=1S/C12H24N2O2/c1-5-6-10-12(15)14(8-13-10)11(7-16-4)9(2)3/h9-11,13H,5-8H2,1-4H3. The molecular weight excluding hydrogens is 204 g/mol. The van der Waals surface area contributed by atoms with Crippen molar-refractivity contribution in [2.75, 3.05) is 20.4 Å². The number of rotatable bonds is 6. The van der Waals surface area contributed by atoms with Gasteiger partial charge in [-0.3, -0.25) is 10.1 Å². The van der Waals surface area contributed by atoms with Gasteiger partial charge in [-0.2, -0.15) is 0 Å². The molecule has 16 heavy (non-hydrogen) atoms. The lowest BCUT2D eigenvalue weighted by Gasteiger charge is -2.30. The van der Waals surface area contributed by atoms with Crippen LogP contribution in [0, 0.1) is 5.92 Å². The SMILES string of the molecule is CCCC1NCN(C(COC)C(C)C)C1=O. The van der Waals surface area contributed by atoms with E-state index in [9.17, 15) is 4.79 Å². The molecule has 0 radical (unpaired) electrons. The predicted octanol–water partition coefficient (Wildman–Crippen LogP) is 1.22. The van der Waals surface area contributed by atoms with Crippen molar-refractivity contribution in [2.24, 2.45) is 5.92 Å². The van der Waals surface area contributed by atoms with Crippen LogP contribution in [-0.2, 0) is 9.53 Å². The van der Waals surface area contributed by atoms with E-state index in [-0.39, 0.29) is 18.0 Å². The third-order valence-corrected chi connectivity index (χ3v) is 3.17. The van der Waals surface area contributed by atoms with Crippen molar-refractivity contribution < 1.29 is 9.53 Å². The molecule has 0 aliphatic carbocycles. The fraction of sp³-hybridized carbons (Fsp3) is 0.917. The summed E-state index contributed by atoms with van der Waals surface area (Å²) in [5.74, 6) is 0.656. The number of carbonyl (C=O) groups excluding carboxylic acids is 1. The number of hydrogen-bond donors (Lipinski definition) is 1. The van der Waals surface area contributed by atoms with Crippen LogP contribution in [0.1, 0.15) is 33.6 Å². The minimum Gasteiger partial charge on any atom is -0.383 e. The van der Waals surface area contributed by atoms with Crippen molar-refractivity contribution in [1.29, 1.82) is 0 Å². The first kappa shape index (κ1) is 13.5. The van der Waals surface area contributed by atoms with E-state index in [1.165, 1.54) is 0 Å². The molecule has 2 unspecified atom stereocenters. The molecule has 0 aromatic rings. The molecule has 4 heteroatoms. The van der Waals surface area contributed by atoms with Gasteiger partial charge in [-0.05, 0) is 12.3 Å². The summed E-state index contributed by atoms with van der Waals surface area (Å²) in [4.78, 5) is 14.0. The number of hydrogen-bond acceptors (Lipinski definition) is 3. The van der Waals surface area contributed by atoms with Crippen molar-refractivity contribution in [1.82, 2.24) is 10.2 Å². The molecule has 2 atom stereocenters. The first-order valence-corrected chi connectivity index (χ1v) is 6.14. The van der Waals surface area contributed by atoms with Gasteiger partial charge >= 0.3 is 0 Å². The van der Waals surface area contributed by atoms with E-state index in [1.54, 1.807) is 7.11 Å². The molecule has 0 bridgehead atoms. The Hall–Kier alpha value is -0.610. The molecule has 4 nitrogen and oxygen atoms in total.